The highest BCUT2D eigenvalue weighted by Crippen LogP contribution is 2.26. The molecule has 0 bridgehead atoms. The number of hydrogen-bond acceptors (Lipinski definition) is 5. The topological polar surface area (TPSA) is 90.2 Å². The van der Waals surface area contributed by atoms with Gasteiger partial charge in [0.25, 0.3) is 0 Å². The number of nitrogens with one attached hydrogen (secondary N) is 1. The second kappa shape index (κ2) is 3.48. The molecule has 1 heterocycles. The molecule has 2 unspecified atom stereocenters. The zero-order valence-corrected chi connectivity index (χ0v) is 8.79. The second-order valence-electron chi connectivity index (χ2n) is 3.78. The SMILES string of the molecule is CC(=O)C(O)C1(C)NC(C)=C(C#N)C1=O. The number of rotatable bonds is 2. The average Bonchev–Trinajstić information content (AvgIpc) is 2.37. The monoisotopic (exact) mass is 208 g/mol. The summed E-state index contributed by atoms with van der Waals surface area (Å²) in [5.74, 6) is -1.05. The van der Waals surface area contributed by atoms with E-state index < -0.39 is 23.2 Å². The van der Waals surface area contributed by atoms with Crippen LogP contribution in [0.5, 0.6) is 0 Å². The van der Waals surface area contributed by atoms with Crippen molar-refractivity contribution in [1.82, 2.24) is 5.32 Å². The smallest absolute Gasteiger partial charge is 0.203 e. The van der Waals surface area contributed by atoms with Crippen LogP contribution in [0, 0.1) is 11.3 Å². The Labute approximate surface area is 87.4 Å². The summed E-state index contributed by atoms with van der Waals surface area (Å²) in [4.78, 5) is 22.8. The number of carbonyl (C=O) groups excluding carboxylic acids is 2. The van der Waals surface area contributed by atoms with Crippen molar-refractivity contribution in [2.45, 2.75) is 32.4 Å². The first-order valence-corrected chi connectivity index (χ1v) is 4.47. The lowest BCUT2D eigenvalue weighted by Crippen LogP contribution is -2.56. The first kappa shape index (κ1) is 11.4. The van der Waals surface area contributed by atoms with E-state index >= 15 is 0 Å². The van der Waals surface area contributed by atoms with E-state index in [-0.39, 0.29) is 5.57 Å². The Kier molecular flexibility index (Phi) is 2.65. The average molecular weight is 208 g/mol. The van der Waals surface area contributed by atoms with E-state index in [1.165, 1.54) is 13.8 Å². The minimum absolute atomic E-state index is 0.0298. The second-order valence-corrected chi connectivity index (χ2v) is 3.78. The molecule has 0 aromatic heterocycles. The summed E-state index contributed by atoms with van der Waals surface area (Å²) in [6, 6.07) is 1.76. The van der Waals surface area contributed by atoms with Crippen LogP contribution in [0.1, 0.15) is 20.8 Å². The number of carbonyl (C=O) groups is 2. The molecule has 0 aromatic carbocycles. The Morgan fingerprint density at radius 2 is 2.20 bits per heavy atom. The first-order chi connectivity index (χ1) is 6.84. The zero-order valence-electron chi connectivity index (χ0n) is 8.79. The fraction of sp³-hybridized carbons (Fsp3) is 0.500. The maximum atomic E-state index is 11.8. The summed E-state index contributed by atoms with van der Waals surface area (Å²) in [7, 11) is 0. The van der Waals surface area contributed by atoms with Gasteiger partial charge in [0.2, 0.25) is 5.78 Å². The molecule has 0 saturated carbocycles. The highest BCUT2D eigenvalue weighted by Gasteiger charge is 2.49. The van der Waals surface area contributed by atoms with Crippen molar-refractivity contribution in [3.05, 3.63) is 11.3 Å². The summed E-state index contributed by atoms with van der Waals surface area (Å²) in [5, 5.41) is 21.0. The normalized spacial score (nSPS) is 27.3. The third-order valence-electron chi connectivity index (χ3n) is 2.56. The molecule has 0 spiro atoms. The molecule has 2 N–H and O–H groups in total. The van der Waals surface area contributed by atoms with Crippen molar-refractivity contribution in [2.24, 2.45) is 0 Å². The van der Waals surface area contributed by atoms with Gasteiger partial charge in [0.1, 0.15) is 23.3 Å². The van der Waals surface area contributed by atoms with Gasteiger partial charge in [-0.2, -0.15) is 5.26 Å². The summed E-state index contributed by atoms with van der Waals surface area (Å²) in [6.07, 6.45) is -1.44. The highest BCUT2D eigenvalue weighted by atomic mass is 16.3. The molecular formula is C10H12N2O3. The molecule has 0 amide bonds. The maximum absolute atomic E-state index is 11.8. The van der Waals surface area contributed by atoms with Gasteiger partial charge in [-0.05, 0) is 20.8 Å². The van der Waals surface area contributed by atoms with Crippen LogP contribution in [0.3, 0.4) is 0 Å². The van der Waals surface area contributed by atoms with Crippen LogP contribution < -0.4 is 5.32 Å². The molecule has 1 rings (SSSR count). The van der Waals surface area contributed by atoms with E-state index in [1.54, 1.807) is 13.0 Å². The third kappa shape index (κ3) is 1.53. The predicted octanol–water partition coefficient (Wildman–Crippen LogP) is -0.335. The van der Waals surface area contributed by atoms with Gasteiger partial charge in [0.05, 0.1) is 0 Å². The van der Waals surface area contributed by atoms with E-state index in [2.05, 4.69) is 5.32 Å². The van der Waals surface area contributed by atoms with Crippen LogP contribution in [0.4, 0.5) is 0 Å². The number of nitrogens with zero attached hydrogens (tertiary/aromatic N) is 1. The van der Waals surface area contributed by atoms with Crippen LogP contribution in [-0.4, -0.2) is 28.3 Å². The molecular weight excluding hydrogens is 196 g/mol. The largest absolute Gasteiger partial charge is 0.382 e. The number of nitriles is 1. The van der Waals surface area contributed by atoms with Crippen LogP contribution in [-0.2, 0) is 9.59 Å². The number of allylic oxidation sites excluding steroid dienone is 1. The number of ketones is 2. The van der Waals surface area contributed by atoms with Gasteiger partial charge in [0, 0.05) is 5.70 Å². The van der Waals surface area contributed by atoms with Crippen LogP contribution >= 0.6 is 0 Å². The quantitative estimate of drug-likeness (QED) is 0.648. The number of Topliss-reactive ketones (excluding diaryl/α,β-unsaturated/α-hetero) is 2. The Balaban J connectivity index is 3.11. The van der Waals surface area contributed by atoms with E-state index in [4.69, 9.17) is 5.26 Å². The molecule has 0 aromatic rings. The van der Waals surface area contributed by atoms with E-state index in [9.17, 15) is 14.7 Å². The minimum atomic E-state index is -1.44. The molecule has 0 fully saturated rings. The van der Waals surface area contributed by atoms with Crippen molar-refractivity contribution >= 4 is 11.6 Å². The lowest BCUT2D eigenvalue weighted by molar-refractivity contribution is -0.135. The number of hydrogen-bond donors (Lipinski definition) is 2. The van der Waals surface area contributed by atoms with Gasteiger partial charge in [-0.1, -0.05) is 0 Å². The summed E-state index contributed by atoms with van der Waals surface area (Å²) in [5.41, 5.74) is -1.04. The zero-order chi connectivity index (χ0) is 11.8. The summed E-state index contributed by atoms with van der Waals surface area (Å²) in [6.45, 7) is 4.17. The van der Waals surface area contributed by atoms with Crippen molar-refractivity contribution in [2.75, 3.05) is 0 Å². The van der Waals surface area contributed by atoms with Gasteiger partial charge in [-0.15, -0.1) is 0 Å². The maximum Gasteiger partial charge on any atom is 0.203 e. The highest BCUT2D eigenvalue weighted by molar-refractivity contribution is 6.11. The number of aliphatic hydroxyl groups excluding tert-OH is 1. The Hall–Kier alpha value is -1.67. The Morgan fingerprint density at radius 3 is 2.53 bits per heavy atom. The van der Waals surface area contributed by atoms with Crippen LogP contribution in [0.2, 0.25) is 0 Å². The van der Waals surface area contributed by atoms with Gasteiger partial charge in [-0.3, -0.25) is 9.59 Å². The standard InChI is InChI=1S/C10H12N2O3/c1-5-7(4-11)9(15)10(3,12-5)8(14)6(2)13/h8,12,14H,1-3H3. The van der Waals surface area contributed by atoms with Gasteiger partial charge < -0.3 is 10.4 Å². The fourth-order valence-electron chi connectivity index (χ4n) is 1.67. The third-order valence-corrected chi connectivity index (χ3v) is 2.56. The van der Waals surface area contributed by atoms with Crippen molar-refractivity contribution in [3.63, 3.8) is 0 Å². The van der Waals surface area contributed by atoms with E-state index in [0.29, 0.717) is 5.70 Å². The molecule has 5 heteroatoms. The predicted molar refractivity (Wildman–Crippen MR) is 51.5 cm³/mol. The molecule has 1 aliphatic heterocycles. The van der Waals surface area contributed by atoms with Crippen molar-refractivity contribution < 1.29 is 14.7 Å². The van der Waals surface area contributed by atoms with Crippen LogP contribution in [0.15, 0.2) is 11.3 Å². The molecule has 5 nitrogen and oxygen atoms in total. The minimum Gasteiger partial charge on any atom is -0.382 e. The molecule has 80 valence electrons. The van der Waals surface area contributed by atoms with Crippen molar-refractivity contribution in [1.29, 1.82) is 5.26 Å². The van der Waals surface area contributed by atoms with Crippen molar-refractivity contribution in [3.8, 4) is 6.07 Å². The lowest BCUT2D eigenvalue weighted by atomic mass is 9.87. The number of aliphatic hydroxyl groups is 1. The summed E-state index contributed by atoms with van der Waals surface area (Å²) >= 11 is 0. The molecule has 0 saturated heterocycles. The lowest BCUT2D eigenvalue weighted by Gasteiger charge is -2.28. The summed E-state index contributed by atoms with van der Waals surface area (Å²) < 4.78 is 0. The molecule has 0 aliphatic carbocycles. The molecule has 15 heavy (non-hydrogen) atoms. The fourth-order valence-corrected chi connectivity index (χ4v) is 1.67. The van der Waals surface area contributed by atoms with Gasteiger partial charge >= 0.3 is 0 Å². The van der Waals surface area contributed by atoms with E-state index in [1.807, 2.05) is 0 Å². The molecule has 0 radical (unpaired) electrons. The Bertz CT molecular complexity index is 405. The first-order valence-electron chi connectivity index (χ1n) is 4.47. The molecule has 2 atom stereocenters. The Morgan fingerprint density at radius 1 is 1.67 bits per heavy atom. The van der Waals surface area contributed by atoms with Gasteiger partial charge in [-0.25, -0.2) is 0 Å². The van der Waals surface area contributed by atoms with E-state index in [0.717, 1.165) is 0 Å². The van der Waals surface area contributed by atoms with Gasteiger partial charge in [0.15, 0.2) is 5.78 Å². The molecule has 1 aliphatic rings. The van der Waals surface area contributed by atoms with Crippen LogP contribution in [0.25, 0.3) is 0 Å².